The van der Waals surface area contributed by atoms with Gasteiger partial charge in [-0.05, 0) is 56.7 Å². The predicted molar refractivity (Wildman–Crippen MR) is 104 cm³/mol. The van der Waals surface area contributed by atoms with Gasteiger partial charge in [0.1, 0.15) is 18.0 Å². The van der Waals surface area contributed by atoms with Crippen LogP contribution in [-0.4, -0.2) is 29.7 Å². The Morgan fingerprint density at radius 2 is 1.88 bits per heavy atom. The van der Waals surface area contributed by atoms with Gasteiger partial charge in [-0.15, -0.1) is 0 Å². The molecule has 0 aliphatic carbocycles. The molecule has 0 heterocycles. The van der Waals surface area contributed by atoms with Gasteiger partial charge in [-0.25, -0.2) is 4.79 Å². The molecule has 0 saturated carbocycles. The van der Waals surface area contributed by atoms with E-state index in [2.05, 4.69) is 0 Å². The number of hydrogen-bond acceptors (Lipinski definition) is 4. The van der Waals surface area contributed by atoms with Gasteiger partial charge in [0.15, 0.2) is 0 Å². The average Bonchev–Trinajstić information content (AvgIpc) is 2.52. The number of rotatable bonds is 6. The Hall–Kier alpha value is -2.40. The molecule has 26 heavy (non-hydrogen) atoms. The lowest BCUT2D eigenvalue weighted by Gasteiger charge is -2.27. The van der Waals surface area contributed by atoms with Crippen molar-refractivity contribution in [2.75, 3.05) is 18.9 Å². The van der Waals surface area contributed by atoms with E-state index in [-0.39, 0.29) is 0 Å². The van der Waals surface area contributed by atoms with E-state index in [1.807, 2.05) is 57.2 Å². The number of nitrogens with two attached hydrogens (primary N) is 1. The Labute approximate surface area is 159 Å². The largest absolute Gasteiger partial charge is 0.492 e. The van der Waals surface area contributed by atoms with E-state index >= 15 is 0 Å². The van der Waals surface area contributed by atoms with E-state index in [0.29, 0.717) is 36.2 Å². The topological polar surface area (TPSA) is 64.8 Å². The fraction of sp³-hybridized carbons (Fsp3) is 0.350. The molecule has 0 bridgehead atoms. The highest BCUT2D eigenvalue weighted by Crippen LogP contribution is 2.18. The van der Waals surface area contributed by atoms with Crippen LogP contribution in [-0.2, 0) is 11.3 Å². The zero-order valence-corrected chi connectivity index (χ0v) is 16.1. The molecule has 6 heteroatoms. The quantitative estimate of drug-likeness (QED) is 0.739. The highest BCUT2D eigenvalue weighted by Gasteiger charge is 2.22. The number of carbonyl (C=O) groups excluding carboxylic acids is 1. The summed E-state index contributed by atoms with van der Waals surface area (Å²) in [6.07, 6.45) is -0.394. The molecule has 0 spiro atoms. The second-order valence-electron chi connectivity index (χ2n) is 6.95. The number of halogens is 1. The first-order chi connectivity index (χ1) is 12.2. The van der Waals surface area contributed by atoms with E-state index in [0.717, 1.165) is 5.56 Å². The molecule has 0 unspecified atom stereocenters. The molecule has 2 N–H and O–H groups in total. The SMILES string of the molecule is CC(C)(C)OC(=O)N(CCOc1cccc(Cl)c1)Cc1cccc(N)c1. The summed E-state index contributed by atoms with van der Waals surface area (Å²) in [6.45, 7) is 6.60. The maximum Gasteiger partial charge on any atom is 0.410 e. The van der Waals surface area contributed by atoms with Crippen LogP contribution in [0.15, 0.2) is 48.5 Å². The average molecular weight is 377 g/mol. The molecule has 0 radical (unpaired) electrons. The van der Waals surface area contributed by atoms with E-state index in [1.165, 1.54) is 0 Å². The molecule has 0 atom stereocenters. The van der Waals surface area contributed by atoms with Crippen molar-refractivity contribution in [1.29, 1.82) is 0 Å². The standard InChI is InChI=1S/C20H25ClN2O3/c1-20(2,3)26-19(24)23(14-15-6-4-8-17(22)12-15)10-11-25-18-9-5-7-16(21)13-18/h4-9,12-13H,10-11,14,22H2,1-3H3. The molecular formula is C20H25ClN2O3. The lowest BCUT2D eigenvalue weighted by atomic mass is 10.2. The predicted octanol–water partition coefficient (Wildman–Crippen LogP) is 4.74. The minimum absolute atomic E-state index is 0.321. The highest BCUT2D eigenvalue weighted by atomic mass is 35.5. The lowest BCUT2D eigenvalue weighted by Crippen LogP contribution is -2.38. The molecular weight excluding hydrogens is 352 g/mol. The summed E-state index contributed by atoms with van der Waals surface area (Å²) in [5.41, 5.74) is 6.84. The van der Waals surface area contributed by atoms with Gasteiger partial charge in [0.25, 0.3) is 0 Å². The Morgan fingerprint density at radius 3 is 2.54 bits per heavy atom. The maximum absolute atomic E-state index is 12.5. The first-order valence-corrected chi connectivity index (χ1v) is 8.81. The van der Waals surface area contributed by atoms with Crippen molar-refractivity contribution >= 4 is 23.4 Å². The van der Waals surface area contributed by atoms with Crippen LogP contribution in [0.1, 0.15) is 26.3 Å². The van der Waals surface area contributed by atoms with Crippen LogP contribution in [0, 0.1) is 0 Å². The van der Waals surface area contributed by atoms with Crippen molar-refractivity contribution in [3.63, 3.8) is 0 Å². The molecule has 2 aromatic carbocycles. The second kappa shape index (κ2) is 8.81. The van der Waals surface area contributed by atoms with Crippen molar-refractivity contribution in [1.82, 2.24) is 4.90 Å². The monoisotopic (exact) mass is 376 g/mol. The Balaban J connectivity index is 2.03. The number of benzene rings is 2. The second-order valence-corrected chi connectivity index (χ2v) is 7.39. The zero-order chi connectivity index (χ0) is 19.2. The summed E-state index contributed by atoms with van der Waals surface area (Å²) in [5.74, 6) is 0.658. The van der Waals surface area contributed by atoms with Crippen LogP contribution >= 0.6 is 11.6 Å². The van der Waals surface area contributed by atoms with Gasteiger partial charge >= 0.3 is 6.09 Å². The van der Waals surface area contributed by atoms with Crippen molar-refractivity contribution in [2.45, 2.75) is 32.9 Å². The summed E-state index contributed by atoms with van der Waals surface area (Å²) < 4.78 is 11.2. The van der Waals surface area contributed by atoms with Gasteiger partial charge in [-0.2, -0.15) is 0 Å². The first-order valence-electron chi connectivity index (χ1n) is 8.44. The lowest BCUT2D eigenvalue weighted by molar-refractivity contribution is 0.0209. The molecule has 1 amide bonds. The molecule has 0 fully saturated rings. The van der Waals surface area contributed by atoms with Crippen LogP contribution < -0.4 is 10.5 Å². The number of anilines is 1. The van der Waals surface area contributed by atoms with Crippen LogP contribution in [0.4, 0.5) is 10.5 Å². The third kappa shape index (κ3) is 6.84. The fourth-order valence-electron chi connectivity index (χ4n) is 2.30. The number of nitrogens with zero attached hydrogens (tertiary/aromatic N) is 1. The third-order valence-corrected chi connectivity index (χ3v) is 3.64. The third-order valence-electron chi connectivity index (χ3n) is 3.40. The van der Waals surface area contributed by atoms with Crippen LogP contribution in [0.25, 0.3) is 0 Å². The van der Waals surface area contributed by atoms with Crippen LogP contribution in [0.5, 0.6) is 5.75 Å². The summed E-state index contributed by atoms with van der Waals surface area (Å²) >= 11 is 5.96. The van der Waals surface area contributed by atoms with Crippen molar-refractivity contribution in [3.8, 4) is 5.75 Å². The summed E-state index contributed by atoms with van der Waals surface area (Å²) in [4.78, 5) is 14.1. The van der Waals surface area contributed by atoms with Crippen molar-refractivity contribution in [2.24, 2.45) is 0 Å². The smallest absolute Gasteiger partial charge is 0.410 e. The highest BCUT2D eigenvalue weighted by molar-refractivity contribution is 6.30. The van der Waals surface area contributed by atoms with Crippen LogP contribution in [0.3, 0.4) is 0 Å². The first kappa shape index (κ1) is 19.9. The van der Waals surface area contributed by atoms with Crippen LogP contribution in [0.2, 0.25) is 5.02 Å². The van der Waals surface area contributed by atoms with Gasteiger partial charge in [0.2, 0.25) is 0 Å². The molecule has 140 valence electrons. The number of hydrogen-bond donors (Lipinski definition) is 1. The van der Waals surface area contributed by atoms with E-state index in [9.17, 15) is 4.79 Å². The molecule has 0 aliphatic rings. The summed E-state index contributed by atoms with van der Waals surface area (Å²) in [6, 6.07) is 14.6. The summed E-state index contributed by atoms with van der Waals surface area (Å²) in [5, 5.41) is 0.603. The maximum atomic E-state index is 12.5. The molecule has 5 nitrogen and oxygen atoms in total. The van der Waals surface area contributed by atoms with E-state index < -0.39 is 11.7 Å². The Morgan fingerprint density at radius 1 is 1.15 bits per heavy atom. The molecule has 0 aliphatic heterocycles. The van der Waals surface area contributed by atoms with Gasteiger partial charge < -0.3 is 20.1 Å². The zero-order valence-electron chi connectivity index (χ0n) is 15.4. The number of amides is 1. The number of ether oxygens (including phenoxy) is 2. The molecule has 0 aromatic heterocycles. The van der Waals surface area contributed by atoms with Crippen molar-refractivity contribution in [3.05, 3.63) is 59.1 Å². The molecule has 0 saturated heterocycles. The van der Waals surface area contributed by atoms with Gasteiger partial charge in [0.05, 0.1) is 6.54 Å². The normalized spacial score (nSPS) is 11.1. The Bertz CT molecular complexity index is 744. The molecule has 2 rings (SSSR count). The minimum atomic E-state index is -0.571. The van der Waals surface area contributed by atoms with Gasteiger partial charge in [-0.3, -0.25) is 0 Å². The molecule has 2 aromatic rings. The van der Waals surface area contributed by atoms with E-state index in [1.54, 1.807) is 17.0 Å². The minimum Gasteiger partial charge on any atom is -0.492 e. The van der Waals surface area contributed by atoms with E-state index in [4.69, 9.17) is 26.8 Å². The van der Waals surface area contributed by atoms with Crippen molar-refractivity contribution < 1.29 is 14.3 Å². The summed E-state index contributed by atoms with van der Waals surface area (Å²) in [7, 11) is 0. The van der Waals surface area contributed by atoms with Gasteiger partial charge in [0, 0.05) is 17.3 Å². The number of nitrogen functional groups attached to an aromatic ring is 1. The van der Waals surface area contributed by atoms with Gasteiger partial charge in [-0.1, -0.05) is 29.8 Å². The number of carbonyl (C=O) groups is 1. The Kier molecular flexibility index (Phi) is 6.75. The fourth-order valence-corrected chi connectivity index (χ4v) is 2.48.